The summed E-state index contributed by atoms with van der Waals surface area (Å²) in [6.07, 6.45) is 8.25. The van der Waals surface area contributed by atoms with E-state index in [1.165, 1.54) is 12.8 Å². The van der Waals surface area contributed by atoms with Crippen molar-refractivity contribution in [2.45, 2.75) is 51.6 Å². The molecule has 0 N–H and O–H groups in total. The molecule has 1 aliphatic carbocycles. The summed E-state index contributed by atoms with van der Waals surface area (Å²) in [5.41, 5.74) is 4.17. The van der Waals surface area contributed by atoms with Crippen molar-refractivity contribution >= 4 is 11.6 Å². The Bertz CT molecular complexity index is 841. The third-order valence-electron chi connectivity index (χ3n) is 5.45. The van der Waals surface area contributed by atoms with E-state index >= 15 is 0 Å². The molecule has 1 aromatic carbocycles. The zero-order chi connectivity index (χ0) is 19.0. The molecule has 6 heteroatoms. The van der Waals surface area contributed by atoms with Crippen LogP contribution >= 0.6 is 0 Å². The maximum absolute atomic E-state index is 12.2. The van der Waals surface area contributed by atoms with Crippen molar-refractivity contribution in [3.05, 3.63) is 30.1 Å². The number of carbonyl (C=O) groups excluding carboxylic acids is 1. The van der Waals surface area contributed by atoms with Gasteiger partial charge in [0.2, 0.25) is 5.91 Å². The van der Waals surface area contributed by atoms with E-state index in [0.29, 0.717) is 19.3 Å². The largest absolute Gasteiger partial charge is 0.490 e. The predicted octanol–water partition coefficient (Wildman–Crippen LogP) is 3.60. The van der Waals surface area contributed by atoms with Gasteiger partial charge >= 0.3 is 0 Å². The van der Waals surface area contributed by atoms with Gasteiger partial charge in [-0.3, -0.25) is 9.48 Å². The van der Waals surface area contributed by atoms with E-state index in [-0.39, 0.29) is 11.9 Å². The lowest BCUT2D eigenvalue weighted by Gasteiger charge is -2.36. The third-order valence-corrected chi connectivity index (χ3v) is 5.45. The smallest absolute Gasteiger partial charge is 0.224 e. The van der Waals surface area contributed by atoms with E-state index in [0.717, 1.165) is 41.0 Å². The van der Waals surface area contributed by atoms with Gasteiger partial charge in [0.15, 0.2) is 0 Å². The molecule has 4 rings (SSSR count). The lowest BCUT2D eigenvalue weighted by Crippen LogP contribution is -2.40. The molecule has 1 amide bonds. The van der Waals surface area contributed by atoms with Crippen LogP contribution < -0.4 is 9.64 Å². The van der Waals surface area contributed by atoms with Crippen LogP contribution in [0.3, 0.4) is 0 Å². The molecule has 27 heavy (non-hydrogen) atoms. The molecular formula is C21H27N3O3. The van der Waals surface area contributed by atoms with Crippen molar-refractivity contribution in [1.29, 1.82) is 0 Å². The van der Waals surface area contributed by atoms with Gasteiger partial charge in [-0.2, -0.15) is 5.10 Å². The zero-order valence-electron chi connectivity index (χ0n) is 16.3. The lowest BCUT2D eigenvalue weighted by atomic mass is 9.92. The molecule has 2 aromatic rings. The number of nitrogens with zero attached hydrogens (tertiary/aromatic N) is 3. The van der Waals surface area contributed by atoms with Gasteiger partial charge in [0.05, 0.1) is 24.5 Å². The van der Waals surface area contributed by atoms with Gasteiger partial charge in [-0.25, -0.2) is 0 Å². The van der Waals surface area contributed by atoms with Crippen molar-refractivity contribution in [1.82, 2.24) is 9.78 Å². The maximum atomic E-state index is 12.2. The minimum Gasteiger partial charge on any atom is -0.490 e. The number of hydrogen-bond acceptors (Lipinski definition) is 4. The highest BCUT2D eigenvalue weighted by atomic mass is 16.5. The number of rotatable bonds is 6. The van der Waals surface area contributed by atoms with E-state index in [1.807, 2.05) is 11.1 Å². The van der Waals surface area contributed by atoms with Crippen molar-refractivity contribution in [3.63, 3.8) is 0 Å². The number of aromatic nitrogens is 2. The van der Waals surface area contributed by atoms with Crippen LogP contribution in [-0.4, -0.2) is 42.1 Å². The molecule has 0 bridgehead atoms. The lowest BCUT2D eigenvalue weighted by molar-refractivity contribution is -0.117. The number of ether oxygens (including phenoxy) is 2. The van der Waals surface area contributed by atoms with Crippen LogP contribution in [0.5, 0.6) is 5.75 Å². The Labute approximate surface area is 160 Å². The number of benzene rings is 1. The first-order chi connectivity index (χ1) is 13.1. The van der Waals surface area contributed by atoms with Crippen molar-refractivity contribution in [2.24, 2.45) is 0 Å². The Hall–Kier alpha value is -2.34. The number of methoxy groups -OCH3 is 1. The number of anilines is 1. The summed E-state index contributed by atoms with van der Waals surface area (Å²) in [6.45, 7) is 4.73. The number of carbonyl (C=O) groups is 1. The summed E-state index contributed by atoms with van der Waals surface area (Å²) < 4.78 is 13.4. The monoisotopic (exact) mass is 369 g/mol. The van der Waals surface area contributed by atoms with Gasteiger partial charge in [-0.1, -0.05) is 0 Å². The second kappa shape index (κ2) is 7.35. The maximum Gasteiger partial charge on any atom is 0.224 e. The first-order valence-electron chi connectivity index (χ1n) is 9.72. The molecule has 144 valence electrons. The summed E-state index contributed by atoms with van der Waals surface area (Å²) in [4.78, 5) is 14.1. The minimum atomic E-state index is 0.0700. The summed E-state index contributed by atoms with van der Waals surface area (Å²) in [5, 5.41) is 4.53. The second-order valence-corrected chi connectivity index (χ2v) is 7.50. The first kappa shape index (κ1) is 18.0. The van der Waals surface area contributed by atoms with Crippen molar-refractivity contribution in [2.75, 3.05) is 25.2 Å². The normalized spacial score (nSPS) is 19.1. The molecule has 1 fully saturated rings. The van der Waals surface area contributed by atoms with Crippen molar-refractivity contribution in [3.8, 4) is 16.9 Å². The van der Waals surface area contributed by atoms with Crippen LogP contribution in [0.15, 0.2) is 24.5 Å². The fourth-order valence-corrected chi connectivity index (χ4v) is 3.92. The summed E-state index contributed by atoms with van der Waals surface area (Å²) in [5.74, 6) is 0.929. The van der Waals surface area contributed by atoms with Crippen LogP contribution in [0, 0.1) is 0 Å². The zero-order valence-corrected chi connectivity index (χ0v) is 16.3. The summed E-state index contributed by atoms with van der Waals surface area (Å²) in [7, 11) is 1.67. The number of hydrogen-bond donors (Lipinski definition) is 0. The molecular weight excluding hydrogens is 342 g/mol. The van der Waals surface area contributed by atoms with Crippen LogP contribution in [0.25, 0.3) is 11.1 Å². The summed E-state index contributed by atoms with van der Waals surface area (Å²) in [6, 6.07) is 4.86. The van der Waals surface area contributed by atoms with Gasteiger partial charge in [-0.05, 0) is 44.7 Å². The molecule has 1 unspecified atom stereocenters. The van der Waals surface area contributed by atoms with Gasteiger partial charge in [0.25, 0.3) is 0 Å². The highest BCUT2D eigenvalue weighted by molar-refractivity contribution is 5.95. The fraction of sp³-hybridized carbons (Fsp3) is 0.524. The van der Waals surface area contributed by atoms with Crippen LogP contribution in [-0.2, 0) is 16.0 Å². The fourth-order valence-electron chi connectivity index (χ4n) is 3.92. The van der Waals surface area contributed by atoms with E-state index in [1.54, 1.807) is 14.0 Å². The Morgan fingerprint density at radius 3 is 2.78 bits per heavy atom. The molecule has 1 aromatic heterocycles. The Kier molecular flexibility index (Phi) is 4.91. The van der Waals surface area contributed by atoms with E-state index in [4.69, 9.17) is 9.47 Å². The molecule has 2 aliphatic rings. The van der Waals surface area contributed by atoms with E-state index in [2.05, 4.69) is 35.0 Å². The Morgan fingerprint density at radius 2 is 2.07 bits per heavy atom. The Morgan fingerprint density at radius 1 is 1.26 bits per heavy atom. The predicted molar refractivity (Wildman–Crippen MR) is 104 cm³/mol. The molecule has 0 radical (unpaired) electrons. The van der Waals surface area contributed by atoms with Crippen LogP contribution in [0.2, 0.25) is 0 Å². The number of amides is 1. The molecule has 0 saturated heterocycles. The highest BCUT2D eigenvalue weighted by Crippen LogP contribution is 2.43. The SMILES string of the molecule is COCCOc1c(-c2cnn(C3CC3)c2)ccc2c1CCC(C)N2C(C)=O. The molecule has 1 atom stereocenters. The van der Waals surface area contributed by atoms with Crippen LogP contribution in [0.4, 0.5) is 5.69 Å². The molecule has 1 aliphatic heterocycles. The molecule has 6 nitrogen and oxygen atoms in total. The third kappa shape index (κ3) is 3.46. The average molecular weight is 369 g/mol. The quantitative estimate of drug-likeness (QED) is 0.730. The number of fused-ring (bicyclic) bond motifs is 1. The van der Waals surface area contributed by atoms with Gasteiger partial charge in [0, 0.05) is 43.0 Å². The molecule has 2 heterocycles. The standard InChI is InChI=1S/C21H27N3O3/c1-14-4-7-19-20(24(14)15(2)25)9-8-18(21(19)27-11-10-26-3)16-12-22-23(13-16)17-5-6-17/h8-9,12-14,17H,4-7,10-11H2,1-3H3. The molecule has 1 saturated carbocycles. The Balaban J connectivity index is 1.77. The van der Waals surface area contributed by atoms with E-state index in [9.17, 15) is 4.79 Å². The highest BCUT2D eigenvalue weighted by Gasteiger charge is 2.30. The topological polar surface area (TPSA) is 56.6 Å². The first-order valence-corrected chi connectivity index (χ1v) is 9.72. The second-order valence-electron chi connectivity index (χ2n) is 7.50. The van der Waals surface area contributed by atoms with Gasteiger partial charge < -0.3 is 14.4 Å². The van der Waals surface area contributed by atoms with E-state index < -0.39 is 0 Å². The van der Waals surface area contributed by atoms with Crippen molar-refractivity contribution < 1.29 is 14.3 Å². The molecule has 0 spiro atoms. The van der Waals surface area contributed by atoms with Gasteiger partial charge in [0.1, 0.15) is 12.4 Å². The van der Waals surface area contributed by atoms with Gasteiger partial charge in [-0.15, -0.1) is 0 Å². The average Bonchev–Trinajstić information content (AvgIpc) is 3.38. The summed E-state index contributed by atoms with van der Waals surface area (Å²) >= 11 is 0. The van der Waals surface area contributed by atoms with Crippen LogP contribution in [0.1, 0.15) is 44.7 Å². The minimum absolute atomic E-state index is 0.0700.